The molecule has 3 aromatic rings. The largest absolute Gasteiger partial charge is 0.351 e. The first-order chi connectivity index (χ1) is 15.0. The van der Waals surface area contributed by atoms with E-state index in [0.29, 0.717) is 23.4 Å². The molecule has 1 aromatic heterocycles. The average molecular weight is 449 g/mol. The molecule has 5 nitrogen and oxygen atoms in total. The van der Waals surface area contributed by atoms with Crippen LogP contribution in [0.2, 0.25) is 0 Å². The van der Waals surface area contributed by atoms with Crippen molar-refractivity contribution in [1.29, 1.82) is 0 Å². The standard InChI is InChI=1S/C24H24N4OS2/c1-5-14-28-16(3)20(21(25-24(28)30)17-10-12-19(31-4)13-11-17)23-26-22(27-29-23)18-8-6-15(2)7-9-18/h5-13,21H,1,14H2,2-4H3,(H,25,30). The SMILES string of the molecule is C=CCN1C(=S)NC(c2ccc(SC)cc2)C(c2nc(-c3ccc(C)cc3)no2)=C1C. The highest BCUT2D eigenvalue weighted by atomic mass is 32.2. The van der Waals surface area contributed by atoms with E-state index in [-0.39, 0.29) is 6.04 Å². The highest BCUT2D eigenvalue weighted by Crippen LogP contribution is 2.37. The smallest absolute Gasteiger partial charge is 0.258 e. The van der Waals surface area contributed by atoms with Crippen LogP contribution in [0.4, 0.5) is 0 Å². The van der Waals surface area contributed by atoms with Crippen LogP contribution in [-0.2, 0) is 0 Å². The molecule has 7 heteroatoms. The molecule has 4 rings (SSSR count). The second-order valence-electron chi connectivity index (χ2n) is 7.34. The third-order valence-corrected chi connectivity index (χ3v) is 6.41. The van der Waals surface area contributed by atoms with Crippen LogP contribution in [0.3, 0.4) is 0 Å². The maximum atomic E-state index is 5.76. The first-order valence-electron chi connectivity index (χ1n) is 9.96. The molecule has 0 fully saturated rings. The van der Waals surface area contributed by atoms with E-state index in [0.717, 1.165) is 22.4 Å². The Balaban J connectivity index is 1.79. The second-order valence-corrected chi connectivity index (χ2v) is 8.61. The fourth-order valence-electron chi connectivity index (χ4n) is 3.61. The van der Waals surface area contributed by atoms with Crippen molar-refractivity contribution in [2.24, 2.45) is 0 Å². The van der Waals surface area contributed by atoms with Crippen LogP contribution >= 0.6 is 24.0 Å². The van der Waals surface area contributed by atoms with Crippen molar-refractivity contribution in [3.05, 3.63) is 83.9 Å². The molecule has 0 amide bonds. The van der Waals surface area contributed by atoms with Gasteiger partial charge in [0.1, 0.15) is 0 Å². The number of nitrogens with one attached hydrogen (secondary N) is 1. The topological polar surface area (TPSA) is 54.2 Å². The summed E-state index contributed by atoms with van der Waals surface area (Å²) < 4.78 is 5.76. The molecule has 0 bridgehead atoms. The van der Waals surface area contributed by atoms with Crippen LogP contribution in [0.25, 0.3) is 17.0 Å². The first kappa shape index (κ1) is 21.3. The van der Waals surface area contributed by atoms with Crippen molar-refractivity contribution in [2.45, 2.75) is 24.8 Å². The Morgan fingerprint density at radius 3 is 2.52 bits per heavy atom. The zero-order chi connectivity index (χ0) is 22.0. The molecular formula is C24H24N4OS2. The lowest BCUT2D eigenvalue weighted by molar-refractivity contribution is 0.399. The molecular weight excluding hydrogens is 424 g/mol. The number of rotatable bonds is 6. The number of hydrogen-bond donors (Lipinski definition) is 1. The van der Waals surface area contributed by atoms with Gasteiger partial charge in [0.2, 0.25) is 5.82 Å². The van der Waals surface area contributed by atoms with Gasteiger partial charge in [0.15, 0.2) is 5.11 Å². The van der Waals surface area contributed by atoms with Gasteiger partial charge in [-0.3, -0.25) is 0 Å². The molecule has 0 saturated heterocycles. The number of nitrogens with zero attached hydrogens (tertiary/aromatic N) is 3. The van der Waals surface area contributed by atoms with E-state index in [9.17, 15) is 0 Å². The third-order valence-electron chi connectivity index (χ3n) is 5.32. The van der Waals surface area contributed by atoms with Crippen LogP contribution in [0, 0.1) is 6.92 Å². The van der Waals surface area contributed by atoms with E-state index in [1.54, 1.807) is 11.8 Å². The van der Waals surface area contributed by atoms with Crippen molar-refractivity contribution in [3.8, 4) is 11.4 Å². The molecule has 0 spiro atoms. The van der Waals surface area contributed by atoms with Crippen LogP contribution < -0.4 is 5.32 Å². The molecule has 0 radical (unpaired) electrons. The summed E-state index contributed by atoms with van der Waals surface area (Å²) in [5.41, 5.74) is 5.08. The van der Waals surface area contributed by atoms with Gasteiger partial charge < -0.3 is 14.7 Å². The van der Waals surface area contributed by atoms with Gasteiger partial charge in [-0.25, -0.2) is 0 Å². The van der Waals surface area contributed by atoms with Crippen molar-refractivity contribution in [2.75, 3.05) is 12.8 Å². The van der Waals surface area contributed by atoms with Gasteiger partial charge in [0.25, 0.3) is 5.89 Å². The van der Waals surface area contributed by atoms with E-state index in [4.69, 9.17) is 21.7 Å². The van der Waals surface area contributed by atoms with Gasteiger partial charge in [-0.1, -0.05) is 53.2 Å². The fourth-order valence-corrected chi connectivity index (χ4v) is 4.34. The summed E-state index contributed by atoms with van der Waals surface area (Å²) in [6, 6.07) is 16.3. The van der Waals surface area contributed by atoms with E-state index < -0.39 is 0 Å². The Hall–Kier alpha value is -2.90. The van der Waals surface area contributed by atoms with Crippen LogP contribution in [0.15, 0.2) is 76.3 Å². The minimum Gasteiger partial charge on any atom is -0.351 e. The molecule has 0 saturated carbocycles. The van der Waals surface area contributed by atoms with E-state index in [1.807, 2.05) is 42.2 Å². The van der Waals surface area contributed by atoms with Crippen molar-refractivity contribution in [3.63, 3.8) is 0 Å². The molecule has 31 heavy (non-hydrogen) atoms. The van der Waals surface area contributed by atoms with Crippen molar-refractivity contribution >= 4 is 34.7 Å². The number of allylic oxidation sites excluding steroid dienone is 1. The zero-order valence-corrected chi connectivity index (χ0v) is 19.4. The summed E-state index contributed by atoms with van der Waals surface area (Å²) in [5, 5.41) is 8.36. The molecule has 1 aliphatic rings. The van der Waals surface area contributed by atoms with Crippen LogP contribution in [-0.4, -0.2) is 33.0 Å². The number of benzene rings is 2. The maximum Gasteiger partial charge on any atom is 0.258 e. The Morgan fingerprint density at radius 1 is 1.16 bits per heavy atom. The molecule has 158 valence electrons. The minimum atomic E-state index is -0.184. The summed E-state index contributed by atoms with van der Waals surface area (Å²) in [4.78, 5) is 7.94. The summed E-state index contributed by atoms with van der Waals surface area (Å²) >= 11 is 7.37. The number of aryl methyl sites for hydroxylation is 1. The Morgan fingerprint density at radius 2 is 1.87 bits per heavy atom. The quantitative estimate of drug-likeness (QED) is 0.299. The van der Waals surface area contributed by atoms with Gasteiger partial charge in [0.05, 0.1) is 11.6 Å². The molecule has 1 N–H and O–H groups in total. The average Bonchev–Trinajstić information content (AvgIpc) is 3.26. The Bertz CT molecular complexity index is 1130. The van der Waals surface area contributed by atoms with Gasteiger partial charge in [-0.15, -0.1) is 18.3 Å². The number of aromatic nitrogens is 2. The Kier molecular flexibility index (Phi) is 6.25. The normalized spacial score (nSPS) is 16.4. The van der Waals surface area contributed by atoms with Crippen molar-refractivity contribution < 1.29 is 4.52 Å². The van der Waals surface area contributed by atoms with Gasteiger partial charge in [-0.05, 0) is 50.0 Å². The monoisotopic (exact) mass is 448 g/mol. The summed E-state index contributed by atoms with van der Waals surface area (Å²) in [5.74, 6) is 1.05. The molecule has 0 aliphatic carbocycles. The lowest BCUT2D eigenvalue weighted by Crippen LogP contribution is -2.45. The molecule has 2 aromatic carbocycles. The van der Waals surface area contributed by atoms with E-state index >= 15 is 0 Å². The molecule has 1 unspecified atom stereocenters. The summed E-state index contributed by atoms with van der Waals surface area (Å²) in [6.45, 7) is 8.54. The number of hydrogen-bond acceptors (Lipinski definition) is 5. The highest BCUT2D eigenvalue weighted by Gasteiger charge is 2.33. The van der Waals surface area contributed by atoms with E-state index in [1.165, 1.54) is 10.5 Å². The van der Waals surface area contributed by atoms with Gasteiger partial charge in [0, 0.05) is 22.7 Å². The van der Waals surface area contributed by atoms with Gasteiger partial charge in [-0.2, -0.15) is 4.98 Å². The minimum absolute atomic E-state index is 0.184. The molecule has 1 aliphatic heterocycles. The number of thiocarbonyl (C=S) groups is 1. The first-order valence-corrected chi connectivity index (χ1v) is 11.6. The summed E-state index contributed by atoms with van der Waals surface area (Å²) in [7, 11) is 0. The van der Waals surface area contributed by atoms with Crippen LogP contribution in [0.1, 0.15) is 30.0 Å². The predicted molar refractivity (Wildman–Crippen MR) is 131 cm³/mol. The zero-order valence-electron chi connectivity index (χ0n) is 17.8. The second kappa shape index (κ2) is 9.08. The molecule has 1 atom stereocenters. The predicted octanol–water partition coefficient (Wildman–Crippen LogP) is 5.62. The fraction of sp³-hybridized carbons (Fsp3) is 0.208. The number of thioether (sulfide) groups is 1. The third kappa shape index (κ3) is 4.29. The van der Waals surface area contributed by atoms with Crippen molar-refractivity contribution in [1.82, 2.24) is 20.4 Å². The maximum absolute atomic E-state index is 5.76. The molecule has 2 heterocycles. The van der Waals surface area contributed by atoms with Crippen LogP contribution in [0.5, 0.6) is 0 Å². The van der Waals surface area contributed by atoms with E-state index in [2.05, 4.69) is 54.5 Å². The lowest BCUT2D eigenvalue weighted by Gasteiger charge is -2.36. The lowest BCUT2D eigenvalue weighted by atomic mass is 9.95. The summed E-state index contributed by atoms with van der Waals surface area (Å²) in [6.07, 6.45) is 3.89. The Labute approximate surface area is 192 Å². The highest BCUT2D eigenvalue weighted by molar-refractivity contribution is 7.98. The van der Waals surface area contributed by atoms with Gasteiger partial charge >= 0.3 is 0 Å².